The van der Waals surface area contributed by atoms with E-state index in [2.05, 4.69) is 4.99 Å². The number of aliphatic imine (C=N–C) groups is 1. The second kappa shape index (κ2) is 4.32. The van der Waals surface area contributed by atoms with Gasteiger partial charge in [0.1, 0.15) is 0 Å². The van der Waals surface area contributed by atoms with Gasteiger partial charge in [0.15, 0.2) is 5.17 Å². The van der Waals surface area contributed by atoms with E-state index in [1.165, 1.54) is 16.1 Å². The molecule has 0 bridgehead atoms. The Hall–Kier alpha value is -0.230. The predicted molar refractivity (Wildman–Crippen MR) is 56.6 cm³/mol. The van der Waals surface area contributed by atoms with Gasteiger partial charge in [0.25, 0.3) is 0 Å². The summed E-state index contributed by atoms with van der Waals surface area (Å²) in [5.41, 5.74) is 0. The molecule has 1 heterocycles. The normalized spacial score (nSPS) is 17.7. The van der Waals surface area contributed by atoms with Crippen molar-refractivity contribution >= 4 is 27.0 Å². The third-order valence-electron chi connectivity index (χ3n) is 1.74. The summed E-state index contributed by atoms with van der Waals surface area (Å²) in [4.78, 5) is 4.11. The zero-order chi connectivity index (χ0) is 9.90. The van der Waals surface area contributed by atoms with Crippen molar-refractivity contribution in [2.75, 3.05) is 25.1 Å². The lowest BCUT2D eigenvalue weighted by atomic mass is 10.6. The molecule has 4 nitrogen and oxygen atoms in total. The quantitative estimate of drug-likeness (QED) is 0.708. The molecule has 0 aromatic carbocycles. The first-order chi connectivity index (χ1) is 6.11. The molecule has 0 unspecified atom stereocenters. The highest BCUT2D eigenvalue weighted by Crippen LogP contribution is 2.16. The molecule has 0 aromatic heterocycles. The second-order valence-corrected chi connectivity index (χ2v) is 5.54. The molecule has 0 spiro atoms. The fourth-order valence-electron chi connectivity index (χ4n) is 1.20. The maximum Gasteiger partial charge on any atom is 0.236 e. The molecule has 13 heavy (non-hydrogen) atoms. The van der Waals surface area contributed by atoms with Gasteiger partial charge < -0.3 is 0 Å². The molecule has 0 radical (unpaired) electrons. The molecule has 0 fully saturated rings. The van der Waals surface area contributed by atoms with Crippen LogP contribution < -0.4 is 0 Å². The summed E-state index contributed by atoms with van der Waals surface area (Å²) < 4.78 is 24.7. The zero-order valence-corrected chi connectivity index (χ0v) is 9.49. The molecule has 0 aliphatic carbocycles. The largest absolute Gasteiger partial charge is 0.260 e. The van der Waals surface area contributed by atoms with Crippen LogP contribution in [-0.4, -0.2) is 43.0 Å². The van der Waals surface area contributed by atoms with E-state index in [1.807, 2.05) is 13.2 Å². The van der Waals surface area contributed by atoms with Crippen LogP contribution >= 0.6 is 11.8 Å². The van der Waals surface area contributed by atoms with Crippen LogP contribution in [0.3, 0.4) is 0 Å². The van der Waals surface area contributed by atoms with Gasteiger partial charge in [-0.2, -0.15) is 0 Å². The Bertz CT molecular complexity index is 298. The van der Waals surface area contributed by atoms with Gasteiger partial charge in [0, 0.05) is 0 Å². The summed E-state index contributed by atoms with van der Waals surface area (Å²) in [7, 11) is -3.09. The molecule has 0 saturated heterocycles. The van der Waals surface area contributed by atoms with Crippen LogP contribution in [0.4, 0.5) is 0 Å². The Kier molecular flexibility index (Phi) is 3.61. The van der Waals surface area contributed by atoms with Crippen LogP contribution in [0.2, 0.25) is 0 Å². The number of rotatable bonds is 3. The minimum Gasteiger partial charge on any atom is -0.260 e. The van der Waals surface area contributed by atoms with E-state index in [0.717, 1.165) is 0 Å². The van der Waals surface area contributed by atoms with E-state index in [4.69, 9.17) is 0 Å². The van der Waals surface area contributed by atoms with E-state index in [9.17, 15) is 8.42 Å². The topological polar surface area (TPSA) is 49.7 Å². The highest BCUT2D eigenvalue weighted by atomic mass is 32.2. The van der Waals surface area contributed by atoms with E-state index in [0.29, 0.717) is 24.7 Å². The molecule has 1 aliphatic heterocycles. The van der Waals surface area contributed by atoms with Gasteiger partial charge in [-0.3, -0.25) is 4.99 Å². The monoisotopic (exact) mass is 222 g/mol. The van der Waals surface area contributed by atoms with Gasteiger partial charge in [-0.1, -0.05) is 18.7 Å². The van der Waals surface area contributed by atoms with Crippen LogP contribution in [0.15, 0.2) is 4.99 Å². The Morgan fingerprint density at radius 1 is 1.62 bits per heavy atom. The van der Waals surface area contributed by atoms with Gasteiger partial charge >= 0.3 is 0 Å². The molecule has 0 N–H and O–H groups in total. The predicted octanol–water partition coefficient (Wildman–Crippen LogP) is 0.761. The summed E-state index contributed by atoms with van der Waals surface area (Å²) in [5.74, 6) is 0.215. The average Bonchev–Trinajstić information content (AvgIpc) is 2.51. The first-order valence-corrected chi connectivity index (χ1v) is 7.04. The van der Waals surface area contributed by atoms with Crippen molar-refractivity contribution in [3.8, 4) is 0 Å². The Morgan fingerprint density at radius 3 is 2.85 bits per heavy atom. The van der Waals surface area contributed by atoms with Crippen LogP contribution in [0.1, 0.15) is 13.3 Å². The SMILES string of the molecule is CCCS(=O)(=O)N1CCN=C1SC. The van der Waals surface area contributed by atoms with Crippen molar-refractivity contribution in [2.45, 2.75) is 13.3 Å². The number of hydrogen-bond donors (Lipinski definition) is 0. The first kappa shape index (κ1) is 10.8. The van der Waals surface area contributed by atoms with Crippen molar-refractivity contribution in [1.82, 2.24) is 4.31 Å². The Balaban J connectivity index is 2.78. The van der Waals surface area contributed by atoms with Crippen molar-refractivity contribution in [3.63, 3.8) is 0 Å². The lowest BCUT2D eigenvalue weighted by Gasteiger charge is -2.18. The Labute approximate surface area is 83.5 Å². The summed E-state index contributed by atoms with van der Waals surface area (Å²) in [6.45, 7) is 2.97. The highest BCUT2D eigenvalue weighted by molar-refractivity contribution is 8.14. The Morgan fingerprint density at radius 2 is 2.31 bits per heavy atom. The molecule has 0 saturated carbocycles. The van der Waals surface area contributed by atoms with Gasteiger partial charge in [0.05, 0.1) is 18.8 Å². The molecular formula is C7H14N2O2S2. The van der Waals surface area contributed by atoms with Gasteiger partial charge in [-0.05, 0) is 12.7 Å². The van der Waals surface area contributed by atoms with Crippen molar-refractivity contribution < 1.29 is 8.42 Å². The lowest BCUT2D eigenvalue weighted by molar-refractivity contribution is 0.539. The molecule has 0 amide bonds. The van der Waals surface area contributed by atoms with E-state index in [-0.39, 0.29) is 5.75 Å². The molecule has 1 aliphatic rings. The summed E-state index contributed by atoms with van der Waals surface area (Å²) in [5, 5.41) is 0.633. The third-order valence-corrected chi connectivity index (χ3v) is 4.53. The first-order valence-electron chi connectivity index (χ1n) is 4.20. The van der Waals surface area contributed by atoms with Crippen LogP contribution in [0.5, 0.6) is 0 Å². The number of sulfonamides is 1. The van der Waals surface area contributed by atoms with Crippen molar-refractivity contribution in [3.05, 3.63) is 0 Å². The van der Waals surface area contributed by atoms with Crippen LogP contribution in [0.25, 0.3) is 0 Å². The number of nitrogens with zero attached hydrogens (tertiary/aromatic N) is 2. The van der Waals surface area contributed by atoms with Crippen LogP contribution in [0, 0.1) is 0 Å². The maximum absolute atomic E-state index is 11.6. The fourth-order valence-corrected chi connectivity index (χ4v) is 3.67. The molecule has 6 heteroatoms. The van der Waals surface area contributed by atoms with E-state index in [1.54, 1.807) is 0 Å². The molecule has 0 aromatic rings. The lowest BCUT2D eigenvalue weighted by Crippen LogP contribution is -2.34. The van der Waals surface area contributed by atoms with Gasteiger partial charge in [0.2, 0.25) is 10.0 Å². The van der Waals surface area contributed by atoms with E-state index < -0.39 is 10.0 Å². The summed E-state index contributed by atoms with van der Waals surface area (Å²) >= 11 is 1.39. The maximum atomic E-state index is 11.6. The highest BCUT2D eigenvalue weighted by Gasteiger charge is 2.27. The van der Waals surface area contributed by atoms with Gasteiger partial charge in [-0.15, -0.1) is 0 Å². The minimum absolute atomic E-state index is 0.215. The third kappa shape index (κ3) is 2.37. The standard InChI is InChI=1S/C7H14N2O2S2/c1-3-6-13(10,11)9-5-4-8-7(9)12-2/h3-6H2,1-2H3. The smallest absolute Gasteiger partial charge is 0.236 e. The minimum atomic E-state index is -3.09. The van der Waals surface area contributed by atoms with Crippen molar-refractivity contribution in [2.24, 2.45) is 4.99 Å². The summed E-state index contributed by atoms with van der Waals surface area (Å²) in [6, 6.07) is 0. The second-order valence-electron chi connectivity index (χ2n) is 2.76. The number of amidine groups is 1. The number of thioether (sulfide) groups is 1. The molecular weight excluding hydrogens is 208 g/mol. The molecule has 76 valence electrons. The summed E-state index contributed by atoms with van der Waals surface area (Å²) in [6.07, 6.45) is 2.50. The average molecular weight is 222 g/mol. The number of hydrogen-bond acceptors (Lipinski definition) is 4. The van der Waals surface area contributed by atoms with E-state index >= 15 is 0 Å². The van der Waals surface area contributed by atoms with Crippen LogP contribution in [-0.2, 0) is 10.0 Å². The van der Waals surface area contributed by atoms with Crippen molar-refractivity contribution in [1.29, 1.82) is 0 Å². The zero-order valence-electron chi connectivity index (χ0n) is 7.86. The van der Waals surface area contributed by atoms with Gasteiger partial charge in [-0.25, -0.2) is 12.7 Å². The molecule has 0 atom stereocenters. The fraction of sp³-hybridized carbons (Fsp3) is 0.857. The molecule has 1 rings (SSSR count).